The molecule has 0 aliphatic rings. The van der Waals surface area contributed by atoms with E-state index in [0.717, 1.165) is 12.8 Å². The quantitative estimate of drug-likeness (QED) is 0.286. The van der Waals surface area contributed by atoms with Crippen LogP contribution < -0.4 is 5.48 Å². The summed E-state index contributed by atoms with van der Waals surface area (Å²) < 4.78 is 4.07. The molecule has 3 nitrogen and oxygen atoms in total. The molecule has 0 aliphatic heterocycles. The lowest BCUT2D eigenvalue weighted by molar-refractivity contribution is -0.127. The number of hydroxylamine groups is 1. The summed E-state index contributed by atoms with van der Waals surface area (Å²) in [6, 6.07) is 0. The third-order valence-electron chi connectivity index (χ3n) is 1.89. The second-order valence-electron chi connectivity index (χ2n) is 3.08. The first kappa shape index (κ1) is 12.9. The average molecular weight is 204 g/mol. The van der Waals surface area contributed by atoms with Crippen LogP contribution in [0.2, 0.25) is 0 Å². The van der Waals surface area contributed by atoms with Crippen LogP contribution in [0.5, 0.6) is 0 Å². The first-order chi connectivity index (χ1) is 6.31. The number of amides is 1. The van der Waals surface area contributed by atoms with Crippen LogP contribution in [0, 0.1) is 0 Å². The van der Waals surface area contributed by atoms with E-state index in [-0.39, 0.29) is 5.91 Å². The van der Waals surface area contributed by atoms with Crippen molar-refractivity contribution in [3.05, 3.63) is 0 Å². The molecule has 0 atom stereocenters. The molecule has 4 heteroatoms. The van der Waals surface area contributed by atoms with Crippen LogP contribution >= 0.6 is 12.9 Å². The monoisotopic (exact) mass is 204 g/mol. The summed E-state index contributed by atoms with van der Waals surface area (Å²) >= 11 is 3.36. The SMILES string of the molecule is CCCCCCCCC(=O)[N+]OS. The Labute approximate surface area is 85.8 Å². The topological polar surface area (TPSA) is 40.4 Å². The van der Waals surface area contributed by atoms with Crippen molar-refractivity contribution in [1.29, 1.82) is 0 Å². The first-order valence-electron chi connectivity index (χ1n) is 4.85. The summed E-state index contributed by atoms with van der Waals surface area (Å²) in [4.78, 5) is 10.8. The van der Waals surface area contributed by atoms with Crippen LogP contribution in [-0.4, -0.2) is 5.91 Å². The van der Waals surface area contributed by atoms with Crippen molar-refractivity contribution < 1.29 is 9.08 Å². The Morgan fingerprint density at radius 1 is 1.23 bits per heavy atom. The summed E-state index contributed by atoms with van der Waals surface area (Å²) in [7, 11) is 0. The molecule has 2 radical (unpaired) electrons. The van der Waals surface area contributed by atoms with E-state index in [1.54, 1.807) is 0 Å². The lowest BCUT2D eigenvalue weighted by Crippen LogP contribution is -2.11. The molecule has 0 aromatic carbocycles. The normalized spacial score (nSPS) is 10.3. The lowest BCUT2D eigenvalue weighted by atomic mass is 10.1. The molecule has 0 aromatic heterocycles. The highest BCUT2D eigenvalue weighted by Gasteiger charge is 2.18. The van der Waals surface area contributed by atoms with Crippen molar-refractivity contribution in [2.24, 2.45) is 0 Å². The highest BCUT2D eigenvalue weighted by molar-refractivity contribution is 7.75. The van der Waals surface area contributed by atoms with Gasteiger partial charge in [-0.1, -0.05) is 39.0 Å². The number of carbonyl (C=O) groups is 1. The highest BCUT2D eigenvalue weighted by Crippen LogP contribution is 2.06. The van der Waals surface area contributed by atoms with Gasteiger partial charge >= 0.3 is 11.4 Å². The maximum atomic E-state index is 10.8. The summed E-state index contributed by atoms with van der Waals surface area (Å²) in [5.74, 6) is -0.217. The number of rotatable bonds is 8. The first-order valence-corrected chi connectivity index (χ1v) is 5.22. The van der Waals surface area contributed by atoms with E-state index in [0.29, 0.717) is 6.42 Å². The summed E-state index contributed by atoms with van der Waals surface area (Å²) in [6.45, 7) is 2.19. The fraction of sp³-hybridized carbons (Fsp3) is 0.889. The van der Waals surface area contributed by atoms with Gasteiger partial charge in [-0.15, -0.1) is 0 Å². The summed E-state index contributed by atoms with van der Waals surface area (Å²) in [5.41, 5.74) is 3.18. The van der Waals surface area contributed by atoms with E-state index in [1.165, 1.54) is 25.7 Å². The van der Waals surface area contributed by atoms with Crippen molar-refractivity contribution in [3.63, 3.8) is 0 Å². The van der Waals surface area contributed by atoms with E-state index >= 15 is 0 Å². The molecule has 0 spiro atoms. The fourth-order valence-electron chi connectivity index (χ4n) is 1.15. The molecule has 0 heterocycles. The van der Waals surface area contributed by atoms with Crippen LogP contribution in [0.15, 0.2) is 0 Å². The van der Waals surface area contributed by atoms with E-state index < -0.39 is 0 Å². The average Bonchev–Trinajstić information content (AvgIpc) is 2.11. The molecule has 0 rings (SSSR count). The largest absolute Gasteiger partial charge is 0.472 e. The maximum Gasteiger partial charge on any atom is 0.472 e. The van der Waals surface area contributed by atoms with Crippen molar-refractivity contribution in [1.82, 2.24) is 5.48 Å². The molecule has 0 saturated carbocycles. The van der Waals surface area contributed by atoms with Crippen molar-refractivity contribution in [2.45, 2.75) is 51.9 Å². The molecule has 1 amide bonds. The van der Waals surface area contributed by atoms with Gasteiger partial charge in [-0.3, -0.25) is 0 Å². The van der Waals surface area contributed by atoms with Gasteiger partial charge in [0.2, 0.25) is 0 Å². The molecule has 0 fully saturated rings. The molecule has 0 saturated heterocycles. The zero-order valence-electron chi connectivity index (χ0n) is 8.16. The molecule has 0 unspecified atom stereocenters. The van der Waals surface area contributed by atoms with E-state index in [9.17, 15) is 4.79 Å². The van der Waals surface area contributed by atoms with Crippen LogP contribution in [0.1, 0.15) is 51.9 Å². The Balaban J connectivity index is 3.02. The molecule has 76 valence electrons. The Bertz CT molecular complexity index is 131. The molecule has 13 heavy (non-hydrogen) atoms. The zero-order chi connectivity index (χ0) is 9.94. The Morgan fingerprint density at radius 3 is 2.46 bits per heavy atom. The lowest BCUT2D eigenvalue weighted by Gasteiger charge is -1.95. The standard InChI is InChI=1S/C9H18NO2S/c1-2-3-4-5-6-7-8-9(11)10-12-13/h13H,2-8H2,1H3/q+1. The Kier molecular flexibility index (Phi) is 9.98. The zero-order valence-corrected chi connectivity index (χ0v) is 9.06. The Hall–Kier alpha value is -0.0600. The molecule has 0 aromatic rings. The number of nitrogens with zero attached hydrogens (tertiary/aromatic N) is 1. The second kappa shape index (κ2) is 10.0. The minimum absolute atomic E-state index is 0.217. The second-order valence-corrected chi connectivity index (χ2v) is 3.25. The third-order valence-corrected chi connectivity index (χ3v) is 1.97. The van der Waals surface area contributed by atoms with Gasteiger partial charge in [-0.05, 0) is 10.7 Å². The van der Waals surface area contributed by atoms with Gasteiger partial charge in [-0.25, -0.2) is 4.79 Å². The molecular weight excluding hydrogens is 186 g/mol. The van der Waals surface area contributed by atoms with E-state index in [1.807, 2.05) is 0 Å². The predicted octanol–water partition coefficient (Wildman–Crippen LogP) is 2.64. The van der Waals surface area contributed by atoms with Gasteiger partial charge in [0, 0.05) is 0 Å². The van der Waals surface area contributed by atoms with Gasteiger partial charge in [0.05, 0.1) is 19.3 Å². The molecule has 0 bridgehead atoms. The summed E-state index contributed by atoms with van der Waals surface area (Å²) in [6.07, 6.45) is 7.51. The van der Waals surface area contributed by atoms with Gasteiger partial charge < -0.3 is 0 Å². The highest BCUT2D eigenvalue weighted by atomic mass is 32.1. The fourth-order valence-corrected chi connectivity index (χ4v) is 1.24. The number of unbranched alkanes of at least 4 members (excludes halogenated alkanes) is 5. The minimum atomic E-state index is -0.217. The van der Waals surface area contributed by atoms with Gasteiger partial charge in [0.25, 0.3) is 0 Å². The van der Waals surface area contributed by atoms with E-state index in [2.05, 4.69) is 29.6 Å². The van der Waals surface area contributed by atoms with Crippen molar-refractivity contribution in [3.8, 4) is 0 Å². The van der Waals surface area contributed by atoms with Crippen molar-refractivity contribution >= 4 is 18.8 Å². The molecule has 0 aliphatic carbocycles. The molecular formula is C9H18NO2S+. The number of thiol groups is 1. The number of carbonyl (C=O) groups excluding carboxylic acids is 1. The Morgan fingerprint density at radius 2 is 1.85 bits per heavy atom. The van der Waals surface area contributed by atoms with Crippen LogP contribution in [-0.2, 0) is 9.08 Å². The number of hydrogen-bond acceptors (Lipinski definition) is 3. The van der Waals surface area contributed by atoms with Gasteiger partial charge in [0.1, 0.15) is 0 Å². The number of hydrogen-bond donors (Lipinski definition) is 1. The summed E-state index contributed by atoms with van der Waals surface area (Å²) in [5, 5.41) is 0. The smallest absolute Gasteiger partial charge is 0.213 e. The minimum Gasteiger partial charge on any atom is -0.213 e. The van der Waals surface area contributed by atoms with Crippen LogP contribution in [0.4, 0.5) is 0 Å². The van der Waals surface area contributed by atoms with Gasteiger partial charge in [-0.2, -0.15) is 0 Å². The van der Waals surface area contributed by atoms with Crippen molar-refractivity contribution in [2.75, 3.05) is 0 Å². The van der Waals surface area contributed by atoms with E-state index in [4.69, 9.17) is 0 Å². The van der Waals surface area contributed by atoms with Crippen LogP contribution in [0.3, 0.4) is 0 Å². The predicted molar refractivity (Wildman–Crippen MR) is 55.2 cm³/mol. The third kappa shape index (κ3) is 9.86. The molecule has 0 N–H and O–H groups in total. The maximum absolute atomic E-state index is 10.8. The van der Waals surface area contributed by atoms with Crippen LogP contribution in [0.25, 0.3) is 0 Å². The van der Waals surface area contributed by atoms with Gasteiger partial charge in [0.15, 0.2) is 0 Å².